The van der Waals surface area contributed by atoms with E-state index in [1.165, 1.54) is 0 Å². The van der Waals surface area contributed by atoms with E-state index < -0.39 is 0 Å². The van der Waals surface area contributed by atoms with Gasteiger partial charge in [-0.25, -0.2) is 4.98 Å². The summed E-state index contributed by atoms with van der Waals surface area (Å²) in [5.41, 5.74) is 0.646. The van der Waals surface area contributed by atoms with Gasteiger partial charge in [-0.3, -0.25) is 4.79 Å². The van der Waals surface area contributed by atoms with Crippen LogP contribution in [0.4, 0.5) is 0 Å². The number of likely N-dealkylation sites (N-methyl/N-ethyl adjacent to an activating group) is 1. The Morgan fingerprint density at radius 3 is 2.96 bits per heavy atom. The Balaban J connectivity index is 1.70. The number of rotatable bonds is 6. The molecule has 1 aliphatic heterocycles. The van der Waals surface area contributed by atoms with Crippen molar-refractivity contribution < 1.29 is 9.53 Å². The Kier molecular flexibility index (Phi) is 5.71. The molecule has 1 fully saturated rings. The third-order valence-corrected chi connectivity index (χ3v) is 4.54. The second kappa shape index (κ2) is 8.16. The van der Waals surface area contributed by atoms with E-state index in [4.69, 9.17) is 4.74 Å². The maximum Gasteiger partial charge on any atom is 0.257 e. The van der Waals surface area contributed by atoms with Crippen molar-refractivity contribution >= 4 is 5.91 Å². The molecule has 0 aliphatic carbocycles. The summed E-state index contributed by atoms with van der Waals surface area (Å²) in [6, 6.07) is 7.83. The monoisotopic (exact) mass is 342 g/mol. The fourth-order valence-corrected chi connectivity index (χ4v) is 3.15. The van der Waals surface area contributed by atoms with Crippen molar-refractivity contribution in [1.82, 2.24) is 19.4 Å². The van der Waals surface area contributed by atoms with Gasteiger partial charge in [0.25, 0.3) is 5.91 Å². The van der Waals surface area contributed by atoms with Gasteiger partial charge in [-0.15, -0.1) is 0 Å². The molecule has 1 aromatic carbocycles. The van der Waals surface area contributed by atoms with E-state index in [9.17, 15) is 4.79 Å². The minimum Gasteiger partial charge on any atom is -0.491 e. The molecule has 134 valence electrons. The molecule has 0 N–H and O–H groups in total. The Labute approximate surface area is 149 Å². The van der Waals surface area contributed by atoms with E-state index in [1.54, 1.807) is 6.20 Å². The molecular weight excluding hydrogens is 316 g/mol. The van der Waals surface area contributed by atoms with Gasteiger partial charge in [-0.1, -0.05) is 12.1 Å². The molecule has 1 atom stereocenters. The van der Waals surface area contributed by atoms with Gasteiger partial charge in [-0.05, 0) is 39.1 Å². The normalized spacial score (nSPS) is 17.7. The molecule has 0 bridgehead atoms. The summed E-state index contributed by atoms with van der Waals surface area (Å²) in [6.07, 6.45) is 7.65. The number of piperidine rings is 1. The minimum atomic E-state index is 0.0465. The van der Waals surface area contributed by atoms with Gasteiger partial charge >= 0.3 is 0 Å². The van der Waals surface area contributed by atoms with Gasteiger partial charge in [0.05, 0.1) is 17.9 Å². The first kappa shape index (κ1) is 17.5. The highest BCUT2D eigenvalue weighted by atomic mass is 16.5. The SMILES string of the molecule is CN(C)CCOc1ccccc1C(=O)N1CCC[C@H](n2ccnc2)C1. The predicted molar refractivity (Wildman–Crippen MR) is 96.9 cm³/mol. The Morgan fingerprint density at radius 2 is 2.20 bits per heavy atom. The lowest BCUT2D eigenvalue weighted by molar-refractivity contribution is 0.0674. The van der Waals surface area contributed by atoms with Gasteiger partial charge in [0.2, 0.25) is 0 Å². The van der Waals surface area contributed by atoms with Crippen molar-refractivity contribution in [2.75, 3.05) is 40.3 Å². The van der Waals surface area contributed by atoms with Crippen LogP contribution in [0, 0.1) is 0 Å². The van der Waals surface area contributed by atoms with Crippen molar-refractivity contribution in [2.24, 2.45) is 0 Å². The summed E-state index contributed by atoms with van der Waals surface area (Å²) in [5, 5.41) is 0. The molecule has 0 spiro atoms. The number of hydrogen-bond donors (Lipinski definition) is 0. The number of amides is 1. The fraction of sp³-hybridized carbons (Fsp3) is 0.474. The largest absolute Gasteiger partial charge is 0.491 e. The third kappa shape index (κ3) is 4.39. The average molecular weight is 342 g/mol. The van der Waals surface area contributed by atoms with Crippen LogP contribution in [0.15, 0.2) is 43.0 Å². The lowest BCUT2D eigenvalue weighted by Gasteiger charge is -2.33. The number of para-hydroxylation sites is 1. The number of carbonyl (C=O) groups excluding carboxylic acids is 1. The smallest absolute Gasteiger partial charge is 0.257 e. The van der Waals surface area contributed by atoms with Crippen molar-refractivity contribution in [2.45, 2.75) is 18.9 Å². The molecule has 1 amide bonds. The summed E-state index contributed by atoms with van der Waals surface area (Å²) < 4.78 is 7.95. The van der Waals surface area contributed by atoms with Gasteiger partial charge in [0, 0.05) is 32.0 Å². The van der Waals surface area contributed by atoms with Crippen LogP contribution in [0.2, 0.25) is 0 Å². The molecular formula is C19H26N4O2. The molecule has 6 heteroatoms. The van der Waals surface area contributed by atoms with E-state index in [0.29, 0.717) is 30.5 Å². The lowest BCUT2D eigenvalue weighted by atomic mass is 10.0. The zero-order chi connectivity index (χ0) is 17.6. The van der Waals surface area contributed by atoms with Gasteiger partial charge in [0.15, 0.2) is 0 Å². The van der Waals surface area contributed by atoms with E-state index >= 15 is 0 Å². The first-order valence-corrected chi connectivity index (χ1v) is 8.78. The highest BCUT2D eigenvalue weighted by Gasteiger charge is 2.26. The van der Waals surface area contributed by atoms with Crippen LogP contribution >= 0.6 is 0 Å². The number of ether oxygens (including phenoxy) is 1. The number of aromatic nitrogens is 2. The summed E-state index contributed by atoms with van der Waals surface area (Å²) in [6.45, 7) is 2.88. The summed E-state index contributed by atoms with van der Waals surface area (Å²) in [7, 11) is 4.01. The standard InChI is InChI=1S/C19H26N4O2/c1-21(2)12-13-25-18-8-4-3-7-17(18)19(24)22-10-5-6-16(14-22)23-11-9-20-15-23/h3-4,7-9,11,15-16H,5-6,10,12-14H2,1-2H3/t16-/m0/s1. The van der Waals surface area contributed by atoms with Crippen molar-refractivity contribution in [3.63, 3.8) is 0 Å². The molecule has 1 aromatic heterocycles. The van der Waals surface area contributed by atoms with Crippen molar-refractivity contribution in [1.29, 1.82) is 0 Å². The van der Waals surface area contributed by atoms with Crippen molar-refractivity contribution in [3.8, 4) is 5.75 Å². The molecule has 2 heterocycles. The first-order chi connectivity index (χ1) is 12.1. The molecule has 0 radical (unpaired) electrons. The molecule has 2 aromatic rings. The fourth-order valence-electron chi connectivity index (χ4n) is 3.15. The molecule has 25 heavy (non-hydrogen) atoms. The van der Waals surface area contributed by atoms with E-state index in [-0.39, 0.29) is 5.91 Å². The Bertz CT molecular complexity index is 684. The number of nitrogens with zero attached hydrogens (tertiary/aromatic N) is 4. The second-order valence-corrected chi connectivity index (χ2v) is 6.71. The summed E-state index contributed by atoms with van der Waals surface area (Å²) in [4.78, 5) is 21.2. The number of likely N-dealkylation sites (tertiary alicyclic amines) is 1. The van der Waals surface area contributed by atoms with Gasteiger partial charge in [-0.2, -0.15) is 0 Å². The van der Waals surface area contributed by atoms with Crippen molar-refractivity contribution in [3.05, 3.63) is 48.5 Å². The maximum atomic E-state index is 13.0. The Hall–Kier alpha value is -2.34. The second-order valence-electron chi connectivity index (χ2n) is 6.71. The highest BCUT2D eigenvalue weighted by molar-refractivity contribution is 5.97. The number of benzene rings is 1. The molecule has 6 nitrogen and oxygen atoms in total. The van der Waals surface area contributed by atoms with E-state index in [1.807, 2.05) is 55.8 Å². The molecule has 0 saturated carbocycles. The van der Waals surface area contributed by atoms with E-state index in [2.05, 4.69) is 14.5 Å². The summed E-state index contributed by atoms with van der Waals surface area (Å²) in [5.74, 6) is 0.712. The first-order valence-electron chi connectivity index (χ1n) is 8.78. The predicted octanol–water partition coefficient (Wildman–Crippen LogP) is 2.30. The van der Waals surface area contributed by atoms with Crippen LogP contribution in [0.3, 0.4) is 0 Å². The van der Waals surface area contributed by atoms with Crippen LogP contribution in [0.25, 0.3) is 0 Å². The third-order valence-electron chi connectivity index (χ3n) is 4.54. The van der Waals surface area contributed by atoms with E-state index in [0.717, 1.165) is 25.9 Å². The van der Waals surface area contributed by atoms with Gasteiger partial charge in [0.1, 0.15) is 12.4 Å². The minimum absolute atomic E-state index is 0.0465. The molecule has 1 saturated heterocycles. The number of hydrogen-bond acceptors (Lipinski definition) is 4. The summed E-state index contributed by atoms with van der Waals surface area (Å²) >= 11 is 0. The lowest BCUT2D eigenvalue weighted by Crippen LogP contribution is -2.40. The van der Waals surface area contributed by atoms with Crippen LogP contribution in [-0.4, -0.2) is 65.6 Å². The number of imidazole rings is 1. The highest BCUT2D eigenvalue weighted by Crippen LogP contribution is 2.25. The Morgan fingerprint density at radius 1 is 1.36 bits per heavy atom. The molecule has 1 aliphatic rings. The number of carbonyl (C=O) groups is 1. The quantitative estimate of drug-likeness (QED) is 0.808. The zero-order valence-electron chi connectivity index (χ0n) is 15.0. The average Bonchev–Trinajstić information content (AvgIpc) is 3.16. The molecule has 0 unspecified atom stereocenters. The topological polar surface area (TPSA) is 50.6 Å². The van der Waals surface area contributed by atoms with Gasteiger partial charge < -0.3 is 19.1 Å². The maximum absolute atomic E-state index is 13.0. The van der Waals surface area contributed by atoms with Crippen LogP contribution < -0.4 is 4.74 Å². The van der Waals surface area contributed by atoms with Crippen LogP contribution in [0.5, 0.6) is 5.75 Å². The zero-order valence-corrected chi connectivity index (χ0v) is 15.0. The van der Waals surface area contributed by atoms with Crippen LogP contribution in [-0.2, 0) is 0 Å². The molecule has 3 rings (SSSR count). The van der Waals surface area contributed by atoms with Crippen LogP contribution in [0.1, 0.15) is 29.2 Å².